The Labute approximate surface area is 126 Å². The highest BCUT2D eigenvalue weighted by Gasteiger charge is 2.26. The molecule has 0 saturated heterocycles. The van der Waals surface area contributed by atoms with Crippen LogP contribution in [-0.4, -0.2) is 20.2 Å². The summed E-state index contributed by atoms with van der Waals surface area (Å²) in [4.78, 5) is 25.1. The second kappa shape index (κ2) is 5.08. The Bertz CT molecular complexity index is 906. The first-order valence-corrected chi connectivity index (χ1v) is 8.10. The van der Waals surface area contributed by atoms with Crippen molar-refractivity contribution in [1.29, 1.82) is 0 Å². The summed E-state index contributed by atoms with van der Waals surface area (Å²) < 4.78 is 24.7. The van der Waals surface area contributed by atoms with Crippen LogP contribution in [0.25, 0.3) is 10.8 Å². The van der Waals surface area contributed by atoms with Crippen molar-refractivity contribution in [3.63, 3.8) is 0 Å². The third-order valence-electron chi connectivity index (χ3n) is 3.43. The molecule has 2 amide bonds. The van der Waals surface area contributed by atoms with E-state index in [1.54, 1.807) is 25.1 Å². The molecule has 0 aromatic heterocycles. The lowest BCUT2D eigenvalue weighted by atomic mass is 10.1. The Morgan fingerprint density at radius 1 is 1.23 bits per heavy atom. The molecule has 1 aliphatic heterocycles. The van der Waals surface area contributed by atoms with Crippen molar-refractivity contribution in [3.8, 4) is 0 Å². The Kier molecular flexibility index (Phi) is 3.34. The average Bonchev–Trinajstić information content (AvgIpc) is 2.83. The summed E-state index contributed by atoms with van der Waals surface area (Å²) in [6.45, 7) is 1.61. The quantitative estimate of drug-likeness (QED) is 0.735. The number of hydrogen-bond acceptors (Lipinski definition) is 4. The Morgan fingerprint density at radius 3 is 2.73 bits per heavy atom. The molecule has 8 heteroatoms. The Hall–Kier alpha value is -2.45. The maximum absolute atomic E-state index is 12.4. The molecule has 0 radical (unpaired) electrons. The van der Waals surface area contributed by atoms with Gasteiger partial charge >= 0.3 is 0 Å². The van der Waals surface area contributed by atoms with E-state index in [0.29, 0.717) is 22.0 Å². The average molecular weight is 319 g/mol. The zero-order valence-corrected chi connectivity index (χ0v) is 12.5. The van der Waals surface area contributed by atoms with E-state index in [1.807, 2.05) is 0 Å². The van der Waals surface area contributed by atoms with Gasteiger partial charge in [-0.05, 0) is 18.2 Å². The van der Waals surface area contributed by atoms with Crippen molar-refractivity contribution >= 4 is 38.3 Å². The third kappa shape index (κ3) is 2.22. The highest BCUT2D eigenvalue weighted by atomic mass is 32.2. The fourth-order valence-electron chi connectivity index (χ4n) is 2.36. The van der Waals surface area contributed by atoms with E-state index in [9.17, 15) is 18.0 Å². The lowest BCUT2D eigenvalue weighted by Gasteiger charge is -2.10. The van der Waals surface area contributed by atoms with Crippen LogP contribution in [0, 0.1) is 0 Å². The van der Waals surface area contributed by atoms with Crippen LogP contribution in [0.5, 0.6) is 0 Å². The summed E-state index contributed by atoms with van der Waals surface area (Å²) >= 11 is 0. The molecular weight excluding hydrogens is 306 g/mol. The molecule has 0 atom stereocenters. The first-order chi connectivity index (χ1) is 10.4. The minimum absolute atomic E-state index is 0.000929. The van der Waals surface area contributed by atoms with Gasteiger partial charge < -0.3 is 5.32 Å². The van der Waals surface area contributed by atoms with Crippen molar-refractivity contribution in [2.24, 2.45) is 0 Å². The molecule has 0 unspecified atom stereocenters. The van der Waals surface area contributed by atoms with Crippen molar-refractivity contribution < 1.29 is 18.0 Å². The van der Waals surface area contributed by atoms with Gasteiger partial charge in [-0.2, -0.15) is 0 Å². The monoisotopic (exact) mass is 319 g/mol. The molecule has 2 aromatic rings. The predicted octanol–water partition coefficient (Wildman–Crippen LogP) is 1.12. The number of anilines is 1. The Balaban J connectivity index is 2.12. The molecule has 0 spiro atoms. The SMILES string of the molecule is CCC(=O)NNS(=O)(=O)c1ccc2c3c(cccc13)C(=O)N2. The molecule has 114 valence electrons. The van der Waals surface area contributed by atoms with Crippen LogP contribution < -0.4 is 15.6 Å². The first kappa shape index (κ1) is 14.5. The van der Waals surface area contributed by atoms with E-state index >= 15 is 0 Å². The molecule has 7 nitrogen and oxygen atoms in total. The largest absolute Gasteiger partial charge is 0.321 e. The summed E-state index contributed by atoms with van der Waals surface area (Å²) in [5.74, 6) is -0.700. The van der Waals surface area contributed by atoms with Gasteiger partial charge in [-0.1, -0.05) is 19.1 Å². The highest BCUT2D eigenvalue weighted by Crippen LogP contribution is 2.36. The first-order valence-electron chi connectivity index (χ1n) is 6.62. The van der Waals surface area contributed by atoms with Crippen molar-refractivity contribution in [3.05, 3.63) is 35.9 Å². The van der Waals surface area contributed by atoms with Crippen LogP contribution >= 0.6 is 0 Å². The normalized spacial score (nSPS) is 13.2. The van der Waals surface area contributed by atoms with Crippen molar-refractivity contribution in [2.75, 3.05) is 5.32 Å². The van der Waals surface area contributed by atoms with Gasteiger partial charge in [0, 0.05) is 28.4 Å². The maximum atomic E-state index is 12.4. The fraction of sp³-hybridized carbons (Fsp3) is 0.143. The second-order valence-electron chi connectivity index (χ2n) is 4.80. The lowest BCUT2D eigenvalue weighted by Crippen LogP contribution is -2.41. The number of hydrogen-bond donors (Lipinski definition) is 3. The topological polar surface area (TPSA) is 104 Å². The van der Waals surface area contributed by atoms with E-state index in [2.05, 4.69) is 15.6 Å². The molecule has 1 aliphatic rings. The van der Waals surface area contributed by atoms with Gasteiger partial charge in [-0.25, -0.2) is 8.42 Å². The predicted molar refractivity (Wildman–Crippen MR) is 80.7 cm³/mol. The summed E-state index contributed by atoms with van der Waals surface area (Å²) in [5.41, 5.74) is 3.14. The molecule has 0 fully saturated rings. The van der Waals surface area contributed by atoms with Crippen LogP contribution in [0.4, 0.5) is 5.69 Å². The van der Waals surface area contributed by atoms with Gasteiger partial charge in [0.1, 0.15) is 0 Å². The van der Waals surface area contributed by atoms with Crippen LogP contribution in [0.2, 0.25) is 0 Å². The van der Waals surface area contributed by atoms with Gasteiger partial charge in [-0.3, -0.25) is 15.0 Å². The molecule has 1 heterocycles. The number of nitrogens with one attached hydrogen (secondary N) is 3. The van der Waals surface area contributed by atoms with Gasteiger partial charge in [0.15, 0.2) is 0 Å². The molecule has 3 rings (SSSR count). The minimum atomic E-state index is -3.94. The van der Waals surface area contributed by atoms with Gasteiger partial charge in [0.2, 0.25) is 5.91 Å². The van der Waals surface area contributed by atoms with Crippen molar-refractivity contribution in [2.45, 2.75) is 18.2 Å². The van der Waals surface area contributed by atoms with Crippen molar-refractivity contribution in [1.82, 2.24) is 10.3 Å². The van der Waals surface area contributed by atoms with E-state index in [4.69, 9.17) is 0 Å². The fourth-order valence-corrected chi connectivity index (χ4v) is 3.43. The maximum Gasteiger partial charge on any atom is 0.257 e. The molecule has 0 saturated carbocycles. The summed E-state index contributed by atoms with van der Waals surface area (Å²) in [5, 5.41) is 3.67. The molecule has 22 heavy (non-hydrogen) atoms. The van der Waals surface area contributed by atoms with Crippen LogP contribution in [0.1, 0.15) is 23.7 Å². The highest BCUT2D eigenvalue weighted by molar-refractivity contribution is 7.89. The Morgan fingerprint density at radius 2 is 2.00 bits per heavy atom. The zero-order chi connectivity index (χ0) is 15.9. The zero-order valence-electron chi connectivity index (χ0n) is 11.6. The smallest absolute Gasteiger partial charge is 0.257 e. The van der Waals surface area contributed by atoms with E-state index in [0.717, 1.165) is 0 Å². The summed E-state index contributed by atoms with van der Waals surface area (Å²) in [7, 11) is -3.94. The second-order valence-corrected chi connectivity index (χ2v) is 6.45. The number of benzene rings is 2. The number of sulfonamides is 1. The molecule has 0 bridgehead atoms. The van der Waals surface area contributed by atoms with Gasteiger partial charge in [-0.15, -0.1) is 4.83 Å². The van der Waals surface area contributed by atoms with Crippen LogP contribution in [-0.2, 0) is 14.8 Å². The standard InChI is InChI=1S/C14H13N3O4S/c1-2-12(18)16-17-22(20,21)11-7-6-10-13-8(11)4-3-5-9(13)14(19)15-10/h3-7,17H,2H2,1H3,(H,15,19)(H,16,18). The van der Waals surface area contributed by atoms with E-state index in [1.165, 1.54) is 12.1 Å². The molecule has 3 N–H and O–H groups in total. The molecular formula is C14H13N3O4S. The molecule has 2 aromatic carbocycles. The lowest BCUT2D eigenvalue weighted by molar-refractivity contribution is -0.121. The van der Waals surface area contributed by atoms with E-state index < -0.39 is 15.9 Å². The number of rotatable bonds is 4. The number of carbonyl (C=O) groups is 2. The number of amides is 2. The third-order valence-corrected chi connectivity index (χ3v) is 4.73. The summed E-state index contributed by atoms with van der Waals surface area (Å²) in [6.07, 6.45) is 0.158. The van der Waals surface area contributed by atoms with Crippen LogP contribution in [0.3, 0.4) is 0 Å². The van der Waals surface area contributed by atoms with Gasteiger partial charge in [0.05, 0.1) is 4.90 Å². The molecule has 0 aliphatic carbocycles. The number of carbonyl (C=O) groups excluding carboxylic acids is 2. The van der Waals surface area contributed by atoms with Gasteiger partial charge in [0.25, 0.3) is 15.9 Å². The summed E-state index contributed by atoms with van der Waals surface area (Å²) in [6, 6.07) is 7.81. The number of hydrazine groups is 1. The van der Waals surface area contributed by atoms with Crippen LogP contribution in [0.15, 0.2) is 35.2 Å². The minimum Gasteiger partial charge on any atom is -0.321 e. The van der Waals surface area contributed by atoms with E-state index in [-0.39, 0.29) is 17.2 Å².